The molecule has 9 heteroatoms. The fourth-order valence-electron chi connectivity index (χ4n) is 5.11. The van der Waals surface area contributed by atoms with Crippen molar-refractivity contribution in [3.63, 3.8) is 0 Å². The van der Waals surface area contributed by atoms with E-state index in [0.29, 0.717) is 63.2 Å². The van der Waals surface area contributed by atoms with Crippen LogP contribution in [0, 0.1) is 23.6 Å². The summed E-state index contributed by atoms with van der Waals surface area (Å²) in [6, 6.07) is 6.01. The highest BCUT2D eigenvalue weighted by molar-refractivity contribution is 7.86. The van der Waals surface area contributed by atoms with Crippen LogP contribution in [0.2, 0.25) is 0 Å². The number of halogens is 1. The van der Waals surface area contributed by atoms with Gasteiger partial charge in [0.25, 0.3) is 10.2 Å². The lowest BCUT2D eigenvalue weighted by molar-refractivity contribution is -0.135. The third kappa shape index (κ3) is 6.05. The zero-order valence-electron chi connectivity index (χ0n) is 19.5. The first-order valence-corrected chi connectivity index (χ1v) is 13.6. The smallest absolute Gasteiger partial charge is 0.281 e. The molecule has 3 saturated heterocycles. The Morgan fingerprint density at radius 2 is 1.58 bits per heavy atom. The van der Waals surface area contributed by atoms with Crippen LogP contribution in [0.25, 0.3) is 0 Å². The van der Waals surface area contributed by atoms with Gasteiger partial charge in [-0.25, -0.2) is 4.39 Å². The molecule has 4 rings (SSSR count). The van der Waals surface area contributed by atoms with E-state index in [1.165, 1.54) is 12.1 Å². The van der Waals surface area contributed by atoms with Crippen LogP contribution < -0.4 is 4.74 Å². The Kier molecular flexibility index (Phi) is 7.91. The summed E-state index contributed by atoms with van der Waals surface area (Å²) in [5.41, 5.74) is 0. The second kappa shape index (κ2) is 10.7. The molecule has 1 unspecified atom stereocenters. The monoisotopic (exact) mass is 481 g/mol. The number of carbonyl (C=O) groups is 1. The molecular formula is C24H36FN3O4S. The van der Waals surface area contributed by atoms with E-state index in [0.717, 1.165) is 38.8 Å². The minimum atomic E-state index is -3.41. The van der Waals surface area contributed by atoms with Crippen molar-refractivity contribution in [2.75, 3.05) is 45.9 Å². The van der Waals surface area contributed by atoms with Gasteiger partial charge >= 0.3 is 0 Å². The summed E-state index contributed by atoms with van der Waals surface area (Å²) in [5, 5.41) is 0. The minimum absolute atomic E-state index is 0.0907. The summed E-state index contributed by atoms with van der Waals surface area (Å²) in [4.78, 5) is 15.0. The summed E-state index contributed by atoms with van der Waals surface area (Å²) in [5.74, 6) is 1.43. The molecule has 3 fully saturated rings. The number of benzene rings is 1. The lowest BCUT2D eigenvalue weighted by Crippen LogP contribution is -2.50. The first-order chi connectivity index (χ1) is 15.8. The van der Waals surface area contributed by atoms with Gasteiger partial charge in [0.1, 0.15) is 11.6 Å². The first kappa shape index (κ1) is 24.4. The fraction of sp³-hybridized carbons (Fsp3) is 0.708. The SMILES string of the molecule is CC1CCN(S(=O)(=O)N2CCC(C(=O)N3CCC(CCOc4ccc(F)cc4)C3)CC2)CC1. The predicted molar refractivity (Wildman–Crippen MR) is 124 cm³/mol. The fourth-order valence-corrected chi connectivity index (χ4v) is 6.78. The highest BCUT2D eigenvalue weighted by atomic mass is 32.2. The molecule has 1 aromatic rings. The number of amides is 1. The average Bonchev–Trinajstić information content (AvgIpc) is 3.29. The van der Waals surface area contributed by atoms with Gasteiger partial charge < -0.3 is 9.64 Å². The zero-order valence-corrected chi connectivity index (χ0v) is 20.3. The third-order valence-electron chi connectivity index (χ3n) is 7.40. The molecule has 33 heavy (non-hydrogen) atoms. The second-order valence-corrected chi connectivity index (χ2v) is 11.7. The number of ether oxygens (including phenoxy) is 1. The summed E-state index contributed by atoms with van der Waals surface area (Å²) in [6.07, 6.45) is 4.83. The van der Waals surface area contributed by atoms with Gasteiger partial charge in [-0.15, -0.1) is 0 Å². The van der Waals surface area contributed by atoms with Gasteiger partial charge in [0.15, 0.2) is 0 Å². The van der Waals surface area contributed by atoms with Crippen molar-refractivity contribution in [1.82, 2.24) is 13.5 Å². The van der Waals surface area contributed by atoms with E-state index >= 15 is 0 Å². The Bertz CT molecular complexity index is 895. The van der Waals surface area contributed by atoms with Crippen LogP contribution in [0.4, 0.5) is 4.39 Å². The van der Waals surface area contributed by atoms with Crippen molar-refractivity contribution >= 4 is 16.1 Å². The van der Waals surface area contributed by atoms with E-state index in [1.807, 2.05) is 4.90 Å². The van der Waals surface area contributed by atoms with Gasteiger partial charge in [-0.3, -0.25) is 4.79 Å². The van der Waals surface area contributed by atoms with Crippen LogP contribution in [0.15, 0.2) is 24.3 Å². The Morgan fingerprint density at radius 3 is 2.21 bits per heavy atom. The van der Waals surface area contributed by atoms with Crippen LogP contribution >= 0.6 is 0 Å². The van der Waals surface area contributed by atoms with Crippen LogP contribution in [0.1, 0.15) is 45.4 Å². The molecule has 184 valence electrons. The maximum atomic E-state index is 13.0. The van der Waals surface area contributed by atoms with Crippen LogP contribution in [-0.2, 0) is 15.0 Å². The number of carbonyl (C=O) groups excluding carboxylic acids is 1. The Balaban J connectivity index is 1.19. The molecule has 0 aromatic heterocycles. The average molecular weight is 482 g/mol. The van der Waals surface area contributed by atoms with E-state index in [4.69, 9.17) is 4.74 Å². The van der Waals surface area contributed by atoms with Crippen LogP contribution in [0.3, 0.4) is 0 Å². The van der Waals surface area contributed by atoms with E-state index in [2.05, 4.69) is 6.92 Å². The largest absolute Gasteiger partial charge is 0.494 e. The van der Waals surface area contributed by atoms with Crippen LogP contribution in [0.5, 0.6) is 5.75 Å². The van der Waals surface area contributed by atoms with Gasteiger partial charge in [-0.05, 0) is 74.6 Å². The maximum Gasteiger partial charge on any atom is 0.281 e. The molecular weight excluding hydrogens is 445 g/mol. The zero-order chi connectivity index (χ0) is 23.4. The van der Waals surface area contributed by atoms with E-state index in [9.17, 15) is 17.6 Å². The number of piperidine rings is 2. The van der Waals surface area contributed by atoms with Crippen molar-refractivity contribution in [2.24, 2.45) is 17.8 Å². The first-order valence-electron chi connectivity index (χ1n) is 12.3. The summed E-state index contributed by atoms with van der Waals surface area (Å²) < 4.78 is 47.8. The van der Waals surface area contributed by atoms with Gasteiger partial charge in [0.2, 0.25) is 5.91 Å². The third-order valence-corrected chi connectivity index (χ3v) is 9.44. The second-order valence-electron chi connectivity index (χ2n) is 9.79. The molecule has 7 nitrogen and oxygen atoms in total. The van der Waals surface area contributed by atoms with Gasteiger partial charge in [-0.2, -0.15) is 17.0 Å². The molecule has 3 aliphatic rings. The lowest BCUT2D eigenvalue weighted by atomic mass is 9.96. The number of hydrogen-bond acceptors (Lipinski definition) is 4. The molecule has 1 atom stereocenters. The van der Waals surface area contributed by atoms with Crippen molar-refractivity contribution in [2.45, 2.75) is 45.4 Å². The molecule has 0 saturated carbocycles. The highest BCUT2D eigenvalue weighted by Gasteiger charge is 2.38. The standard InChI is InChI=1S/C24H36FN3O4S/c1-19-6-13-27(14-7-19)33(30,31)28-15-9-21(10-16-28)24(29)26-12-8-20(18-26)11-17-32-23-4-2-22(25)3-5-23/h2-5,19-21H,6-18H2,1H3. The lowest BCUT2D eigenvalue weighted by Gasteiger charge is -2.37. The number of hydrogen-bond donors (Lipinski definition) is 0. The molecule has 1 amide bonds. The highest BCUT2D eigenvalue weighted by Crippen LogP contribution is 2.28. The predicted octanol–water partition coefficient (Wildman–Crippen LogP) is 3.13. The van der Waals surface area contributed by atoms with Crippen molar-refractivity contribution in [3.05, 3.63) is 30.1 Å². The van der Waals surface area contributed by atoms with E-state index < -0.39 is 10.2 Å². The number of rotatable bonds is 7. The Hall–Kier alpha value is -1.71. The molecule has 0 radical (unpaired) electrons. The van der Waals surface area contributed by atoms with Gasteiger partial charge in [0.05, 0.1) is 6.61 Å². The maximum absolute atomic E-state index is 13.0. The van der Waals surface area contributed by atoms with Crippen molar-refractivity contribution in [1.29, 1.82) is 0 Å². The van der Waals surface area contributed by atoms with Crippen molar-refractivity contribution < 1.29 is 22.3 Å². The molecule has 3 aliphatic heterocycles. The van der Waals surface area contributed by atoms with E-state index in [-0.39, 0.29) is 17.6 Å². The van der Waals surface area contributed by atoms with Crippen LogP contribution in [-0.4, -0.2) is 73.7 Å². The van der Waals surface area contributed by atoms with Crippen molar-refractivity contribution in [3.8, 4) is 5.75 Å². The van der Waals surface area contributed by atoms with Gasteiger partial charge in [-0.1, -0.05) is 6.92 Å². The minimum Gasteiger partial charge on any atom is -0.494 e. The Labute approximate surface area is 197 Å². The normalized spacial score (nSPS) is 24.3. The summed E-state index contributed by atoms with van der Waals surface area (Å²) in [7, 11) is -3.41. The van der Waals surface area contributed by atoms with E-state index in [1.54, 1.807) is 20.7 Å². The molecule has 0 spiro atoms. The quantitative estimate of drug-likeness (QED) is 0.600. The molecule has 1 aromatic carbocycles. The topological polar surface area (TPSA) is 70.2 Å². The molecule has 0 N–H and O–H groups in total. The summed E-state index contributed by atoms with van der Waals surface area (Å²) in [6.45, 7) is 6.25. The number of nitrogens with zero attached hydrogens (tertiary/aromatic N) is 3. The Morgan fingerprint density at radius 1 is 0.970 bits per heavy atom. The number of likely N-dealkylation sites (tertiary alicyclic amines) is 1. The molecule has 0 aliphatic carbocycles. The summed E-state index contributed by atoms with van der Waals surface area (Å²) >= 11 is 0. The molecule has 3 heterocycles. The molecule has 0 bridgehead atoms. The van der Waals surface area contributed by atoms with Gasteiger partial charge in [0, 0.05) is 45.2 Å².